The third-order valence-corrected chi connectivity index (χ3v) is 5.43. The van der Waals surface area contributed by atoms with E-state index in [1.807, 2.05) is 30.3 Å². The molecule has 1 aromatic carbocycles. The topological polar surface area (TPSA) is 87.1 Å². The second-order valence-electron chi connectivity index (χ2n) is 6.27. The molecule has 10 heteroatoms. The summed E-state index contributed by atoms with van der Waals surface area (Å²) in [7, 11) is 0. The molecule has 1 aliphatic heterocycles. The fourth-order valence-corrected chi connectivity index (χ4v) is 3.86. The number of anilines is 2. The molecule has 28 heavy (non-hydrogen) atoms. The lowest BCUT2D eigenvalue weighted by molar-refractivity contribution is 0.208. The van der Waals surface area contributed by atoms with Gasteiger partial charge in [0.05, 0.1) is 0 Å². The van der Waals surface area contributed by atoms with Crippen LogP contribution >= 0.6 is 22.9 Å². The molecule has 2 aromatic heterocycles. The maximum Gasteiger partial charge on any atom is 0.323 e. The molecule has 8 nitrogen and oxygen atoms in total. The van der Waals surface area contributed by atoms with E-state index in [4.69, 9.17) is 11.6 Å². The summed E-state index contributed by atoms with van der Waals surface area (Å²) in [5, 5.41) is 12.9. The number of benzene rings is 1. The van der Waals surface area contributed by atoms with Gasteiger partial charge < -0.3 is 9.80 Å². The maximum atomic E-state index is 12.5. The molecule has 0 unspecified atom stereocenters. The SMILES string of the molecule is O=C(Nc1nnc(Cc2ccccc2)s1)N1CCN(c2cc(Cl)ncn2)CC1. The number of aromatic nitrogens is 4. The van der Waals surface area contributed by atoms with E-state index in [-0.39, 0.29) is 6.03 Å². The molecule has 4 rings (SSSR count). The van der Waals surface area contributed by atoms with Gasteiger partial charge in [-0.05, 0) is 5.56 Å². The summed E-state index contributed by atoms with van der Waals surface area (Å²) in [4.78, 5) is 24.5. The van der Waals surface area contributed by atoms with E-state index in [1.165, 1.54) is 17.7 Å². The van der Waals surface area contributed by atoms with Crippen molar-refractivity contribution < 1.29 is 4.79 Å². The number of hydrogen-bond donors (Lipinski definition) is 1. The summed E-state index contributed by atoms with van der Waals surface area (Å²) in [5.41, 5.74) is 1.16. The van der Waals surface area contributed by atoms with Gasteiger partial charge in [0.1, 0.15) is 22.3 Å². The van der Waals surface area contributed by atoms with E-state index in [9.17, 15) is 4.79 Å². The normalized spacial score (nSPS) is 14.2. The zero-order valence-corrected chi connectivity index (χ0v) is 16.5. The Kier molecular flexibility index (Phi) is 5.63. The Balaban J connectivity index is 1.30. The van der Waals surface area contributed by atoms with Gasteiger partial charge in [0, 0.05) is 38.7 Å². The van der Waals surface area contributed by atoms with Crippen LogP contribution in [0.3, 0.4) is 0 Å². The van der Waals surface area contributed by atoms with Gasteiger partial charge in [0.15, 0.2) is 0 Å². The molecule has 0 spiro atoms. The first-order valence-corrected chi connectivity index (χ1v) is 10.0. The average Bonchev–Trinajstić information content (AvgIpc) is 3.15. The van der Waals surface area contributed by atoms with E-state index >= 15 is 0 Å². The summed E-state index contributed by atoms with van der Waals surface area (Å²) in [6.45, 7) is 2.53. The van der Waals surface area contributed by atoms with Crippen molar-refractivity contribution in [1.29, 1.82) is 0 Å². The first-order valence-electron chi connectivity index (χ1n) is 8.82. The Bertz CT molecular complexity index is 944. The van der Waals surface area contributed by atoms with Crippen LogP contribution in [-0.4, -0.2) is 57.3 Å². The second-order valence-corrected chi connectivity index (χ2v) is 7.72. The van der Waals surface area contributed by atoms with Crippen LogP contribution in [0.4, 0.5) is 15.7 Å². The summed E-state index contributed by atoms with van der Waals surface area (Å²) in [5.74, 6) is 0.773. The van der Waals surface area contributed by atoms with Gasteiger partial charge in [0.2, 0.25) is 5.13 Å². The molecular formula is C18H18ClN7OS. The molecule has 1 aliphatic rings. The number of carbonyl (C=O) groups excluding carboxylic acids is 1. The van der Waals surface area contributed by atoms with Gasteiger partial charge in [0.25, 0.3) is 0 Å². The number of amides is 2. The highest BCUT2D eigenvalue weighted by atomic mass is 35.5. The lowest BCUT2D eigenvalue weighted by Crippen LogP contribution is -2.50. The number of piperazine rings is 1. The predicted octanol–water partition coefficient (Wildman–Crippen LogP) is 2.93. The molecule has 0 saturated carbocycles. The summed E-state index contributed by atoms with van der Waals surface area (Å²) in [6, 6.07) is 11.6. The van der Waals surface area contributed by atoms with E-state index in [1.54, 1.807) is 11.0 Å². The third-order valence-electron chi connectivity index (χ3n) is 4.39. The second kappa shape index (κ2) is 8.49. The van der Waals surface area contributed by atoms with Gasteiger partial charge in [-0.2, -0.15) is 0 Å². The zero-order chi connectivity index (χ0) is 19.3. The van der Waals surface area contributed by atoms with Crippen LogP contribution in [0.2, 0.25) is 5.15 Å². The Labute approximate surface area is 171 Å². The van der Waals surface area contributed by atoms with Crippen molar-refractivity contribution in [3.63, 3.8) is 0 Å². The maximum absolute atomic E-state index is 12.5. The van der Waals surface area contributed by atoms with Crippen LogP contribution in [0.25, 0.3) is 0 Å². The highest BCUT2D eigenvalue weighted by Gasteiger charge is 2.23. The number of nitrogens with one attached hydrogen (secondary N) is 1. The molecule has 0 aliphatic carbocycles. The molecular weight excluding hydrogens is 398 g/mol. The average molecular weight is 416 g/mol. The fraction of sp³-hybridized carbons (Fsp3) is 0.278. The Morgan fingerprint density at radius 2 is 1.89 bits per heavy atom. The predicted molar refractivity (Wildman–Crippen MR) is 109 cm³/mol. The number of nitrogens with zero attached hydrogens (tertiary/aromatic N) is 6. The van der Waals surface area contributed by atoms with Crippen molar-refractivity contribution in [2.45, 2.75) is 6.42 Å². The van der Waals surface area contributed by atoms with Crippen LogP contribution < -0.4 is 10.2 Å². The van der Waals surface area contributed by atoms with Gasteiger partial charge in [-0.3, -0.25) is 5.32 Å². The number of rotatable bonds is 4. The molecule has 1 N–H and O–H groups in total. The minimum Gasteiger partial charge on any atom is -0.353 e. The number of hydrogen-bond acceptors (Lipinski definition) is 7. The fourth-order valence-electron chi connectivity index (χ4n) is 2.95. The van der Waals surface area contributed by atoms with Gasteiger partial charge in [-0.25, -0.2) is 14.8 Å². The summed E-state index contributed by atoms with van der Waals surface area (Å²) < 4.78 is 0. The molecule has 2 amide bonds. The van der Waals surface area contributed by atoms with Crippen LogP contribution in [-0.2, 0) is 6.42 Å². The van der Waals surface area contributed by atoms with Crippen LogP contribution in [0, 0.1) is 0 Å². The summed E-state index contributed by atoms with van der Waals surface area (Å²) in [6.07, 6.45) is 2.15. The highest BCUT2D eigenvalue weighted by molar-refractivity contribution is 7.15. The largest absolute Gasteiger partial charge is 0.353 e. The Morgan fingerprint density at radius 1 is 1.11 bits per heavy atom. The van der Waals surface area contributed by atoms with Crippen molar-refractivity contribution in [1.82, 2.24) is 25.1 Å². The minimum absolute atomic E-state index is 0.164. The van der Waals surface area contributed by atoms with Crippen molar-refractivity contribution in [3.8, 4) is 0 Å². The molecule has 0 atom stereocenters. The zero-order valence-electron chi connectivity index (χ0n) is 15.0. The molecule has 3 heterocycles. The first kappa shape index (κ1) is 18.6. The van der Waals surface area contributed by atoms with Crippen molar-refractivity contribution >= 4 is 39.9 Å². The molecule has 0 bridgehead atoms. The van der Waals surface area contributed by atoms with Gasteiger partial charge in [-0.15, -0.1) is 10.2 Å². The highest BCUT2D eigenvalue weighted by Crippen LogP contribution is 2.20. The number of urea groups is 1. The van der Waals surface area contributed by atoms with Crippen molar-refractivity contribution in [3.05, 3.63) is 58.4 Å². The van der Waals surface area contributed by atoms with E-state index < -0.39 is 0 Å². The molecule has 1 fully saturated rings. The van der Waals surface area contributed by atoms with Crippen LogP contribution in [0.15, 0.2) is 42.7 Å². The van der Waals surface area contributed by atoms with Gasteiger partial charge >= 0.3 is 6.03 Å². The van der Waals surface area contributed by atoms with E-state index in [2.05, 4.69) is 30.4 Å². The lowest BCUT2D eigenvalue weighted by atomic mass is 10.2. The Hall–Kier alpha value is -2.78. The van der Waals surface area contributed by atoms with Gasteiger partial charge in [-0.1, -0.05) is 53.3 Å². The molecule has 1 saturated heterocycles. The standard InChI is InChI=1S/C18H18ClN7OS/c19-14-11-15(21-12-20-14)25-6-8-26(9-7-25)18(27)22-17-24-23-16(28-17)10-13-4-2-1-3-5-13/h1-5,11-12H,6-10H2,(H,22,24,27). The van der Waals surface area contributed by atoms with Crippen molar-refractivity contribution in [2.75, 3.05) is 36.4 Å². The molecule has 0 radical (unpaired) electrons. The monoisotopic (exact) mass is 415 g/mol. The number of halogens is 1. The van der Waals surface area contributed by atoms with E-state index in [0.717, 1.165) is 16.4 Å². The molecule has 144 valence electrons. The molecule has 3 aromatic rings. The number of carbonyl (C=O) groups is 1. The smallest absolute Gasteiger partial charge is 0.323 e. The first-order chi connectivity index (χ1) is 13.7. The van der Waals surface area contributed by atoms with Crippen LogP contribution in [0.5, 0.6) is 0 Å². The van der Waals surface area contributed by atoms with Crippen LogP contribution in [0.1, 0.15) is 10.6 Å². The minimum atomic E-state index is -0.164. The summed E-state index contributed by atoms with van der Waals surface area (Å²) >= 11 is 7.32. The van der Waals surface area contributed by atoms with Crippen molar-refractivity contribution in [2.24, 2.45) is 0 Å². The Morgan fingerprint density at radius 3 is 2.64 bits per heavy atom. The van der Waals surface area contributed by atoms with E-state index in [0.29, 0.717) is 42.9 Å². The lowest BCUT2D eigenvalue weighted by Gasteiger charge is -2.35. The third kappa shape index (κ3) is 4.55. The quantitative estimate of drug-likeness (QED) is 0.659.